The zero-order chi connectivity index (χ0) is 9.68. The Labute approximate surface area is 77.1 Å². The standard InChI is InChI=1S/C10H11NO2/c1-8-4-3-5-10(11-7-12)9(8)6-13-2/h3-5H,6H2,1-2H3. The normalized spacial score (nSPS) is 9.38. The van der Waals surface area contributed by atoms with E-state index in [9.17, 15) is 4.79 Å². The van der Waals surface area contributed by atoms with Gasteiger partial charge in [-0.3, -0.25) is 0 Å². The minimum Gasteiger partial charge on any atom is -0.380 e. The summed E-state index contributed by atoms with van der Waals surface area (Å²) in [5.74, 6) is 0. The minimum atomic E-state index is 0.465. The molecule has 68 valence electrons. The van der Waals surface area contributed by atoms with Gasteiger partial charge in [0.05, 0.1) is 12.3 Å². The van der Waals surface area contributed by atoms with Crippen molar-refractivity contribution in [1.82, 2.24) is 0 Å². The second kappa shape index (κ2) is 4.55. The molecule has 0 heterocycles. The van der Waals surface area contributed by atoms with E-state index in [1.54, 1.807) is 13.2 Å². The van der Waals surface area contributed by atoms with Gasteiger partial charge in [0.25, 0.3) is 0 Å². The lowest BCUT2D eigenvalue weighted by molar-refractivity contribution is 0.185. The fourth-order valence-electron chi connectivity index (χ4n) is 1.17. The van der Waals surface area contributed by atoms with Crippen molar-refractivity contribution in [2.75, 3.05) is 7.11 Å². The third kappa shape index (κ3) is 2.25. The van der Waals surface area contributed by atoms with Crippen LogP contribution < -0.4 is 0 Å². The number of benzene rings is 1. The number of carbonyl (C=O) groups excluding carboxylic acids is 1. The summed E-state index contributed by atoms with van der Waals surface area (Å²) in [5, 5.41) is 0. The number of aryl methyl sites for hydroxylation is 1. The molecule has 0 radical (unpaired) electrons. The van der Waals surface area contributed by atoms with Crippen LogP contribution in [0.2, 0.25) is 0 Å². The lowest BCUT2D eigenvalue weighted by Crippen LogP contribution is -1.91. The van der Waals surface area contributed by atoms with Crippen LogP contribution in [0.3, 0.4) is 0 Å². The van der Waals surface area contributed by atoms with Gasteiger partial charge in [-0.1, -0.05) is 12.1 Å². The average molecular weight is 177 g/mol. The maximum Gasteiger partial charge on any atom is 0.240 e. The Balaban J connectivity index is 3.16. The Morgan fingerprint density at radius 3 is 2.92 bits per heavy atom. The second-order valence-electron chi connectivity index (χ2n) is 2.71. The van der Waals surface area contributed by atoms with Crippen molar-refractivity contribution in [2.45, 2.75) is 13.5 Å². The third-order valence-corrected chi connectivity index (χ3v) is 1.84. The molecule has 0 saturated heterocycles. The molecular formula is C10H11NO2. The van der Waals surface area contributed by atoms with Crippen LogP contribution in [0, 0.1) is 6.92 Å². The molecule has 0 N–H and O–H groups in total. The number of methoxy groups -OCH3 is 1. The Kier molecular flexibility index (Phi) is 3.38. The van der Waals surface area contributed by atoms with E-state index in [4.69, 9.17) is 4.74 Å². The Hall–Kier alpha value is -1.44. The minimum absolute atomic E-state index is 0.465. The first kappa shape index (κ1) is 9.65. The van der Waals surface area contributed by atoms with Crippen molar-refractivity contribution in [2.24, 2.45) is 4.99 Å². The summed E-state index contributed by atoms with van der Waals surface area (Å²) >= 11 is 0. The molecule has 0 saturated carbocycles. The molecule has 1 aromatic rings. The Morgan fingerprint density at radius 1 is 1.54 bits per heavy atom. The highest BCUT2D eigenvalue weighted by molar-refractivity contribution is 5.55. The molecular weight excluding hydrogens is 166 g/mol. The molecule has 1 aromatic carbocycles. The molecule has 3 heteroatoms. The van der Waals surface area contributed by atoms with E-state index in [-0.39, 0.29) is 0 Å². The van der Waals surface area contributed by atoms with Crippen molar-refractivity contribution in [3.8, 4) is 0 Å². The van der Waals surface area contributed by atoms with Gasteiger partial charge in [-0.15, -0.1) is 0 Å². The molecule has 0 aliphatic rings. The first-order valence-corrected chi connectivity index (χ1v) is 3.95. The van der Waals surface area contributed by atoms with Gasteiger partial charge in [0.15, 0.2) is 0 Å². The average Bonchev–Trinajstić information content (AvgIpc) is 2.11. The maximum absolute atomic E-state index is 10.1. The number of nitrogens with zero attached hydrogens (tertiary/aromatic N) is 1. The number of isocyanates is 1. The quantitative estimate of drug-likeness (QED) is 0.524. The molecule has 0 aliphatic heterocycles. The van der Waals surface area contributed by atoms with Crippen LogP contribution >= 0.6 is 0 Å². The fraction of sp³-hybridized carbons (Fsp3) is 0.300. The van der Waals surface area contributed by atoms with Crippen LogP contribution in [-0.4, -0.2) is 13.2 Å². The number of rotatable bonds is 3. The van der Waals surface area contributed by atoms with Gasteiger partial charge in [0, 0.05) is 12.7 Å². The summed E-state index contributed by atoms with van der Waals surface area (Å²) in [6.07, 6.45) is 1.53. The van der Waals surface area contributed by atoms with Crippen molar-refractivity contribution < 1.29 is 9.53 Å². The SMILES string of the molecule is COCc1c(C)cccc1N=C=O. The van der Waals surface area contributed by atoms with E-state index in [0.29, 0.717) is 12.3 Å². The summed E-state index contributed by atoms with van der Waals surface area (Å²) in [6.45, 7) is 2.42. The predicted molar refractivity (Wildman–Crippen MR) is 49.7 cm³/mol. The molecule has 0 amide bonds. The highest BCUT2D eigenvalue weighted by atomic mass is 16.5. The molecule has 0 fully saturated rings. The number of ether oxygens (including phenoxy) is 1. The van der Waals surface area contributed by atoms with Gasteiger partial charge in [-0.05, 0) is 18.6 Å². The van der Waals surface area contributed by atoms with Crippen LogP contribution in [0.5, 0.6) is 0 Å². The topological polar surface area (TPSA) is 38.7 Å². The largest absolute Gasteiger partial charge is 0.380 e. The van der Waals surface area contributed by atoms with Crippen molar-refractivity contribution in [3.63, 3.8) is 0 Å². The van der Waals surface area contributed by atoms with Crippen molar-refractivity contribution >= 4 is 11.8 Å². The molecule has 0 bridgehead atoms. The Morgan fingerprint density at radius 2 is 2.31 bits per heavy atom. The van der Waals surface area contributed by atoms with Crippen LogP contribution in [0.4, 0.5) is 5.69 Å². The van der Waals surface area contributed by atoms with Gasteiger partial charge in [0.2, 0.25) is 6.08 Å². The van der Waals surface area contributed by atoms with Gasteiger partial charge >= 0.3 is 0 Å². The molecule has 3 nitrogen and oxygen atoms in total. The van der Waals surface area contributed by atoms with E-state index >= 15 is 0 Å². The highest BCUT2D eigenvalue weighted by Gasteiger charge is 2.03. The first-order valence-electron chi connectivity index (χ1n) is 3.95. The van der Waals surface area contributed by atoms with E-state index in [0.717, 1.165) is 11.1 Å². The van der Waals surface area contributed by atoms with E-state index in [1.807, 2.05) is 19.1 Å². The van der Waals surface area contributed by atoms with Crippen molar-refractivity contribution in [1.29, 1.82) is 0 Å². The van der Waals surface area contributed by atoms with E-state index in [2.05, 4.69) is 4.99 Å². The van der Waals surface area contributed by atoms with Crippen molar-refractivity contribution in [3.05, 3.63) is 29.3 Å². The van der Waals surface area contributed by atoms with Crippen LogP contribution in [0.15, 0.2) is 23.2 Å². The fourth-order valence-corrected chi connectivity index (χ4v) is 1.17. The van der Waals surface area contributed by atoms with E-state index in [1.165, 1.54) is 6.08 Å². The van der Waals surface area contributed by atoms with Crippen LogP contribution in [0.25, 0.3) is 0 Å². The van der Waals surface area contributed by atoms with Gasteiger partial charge in [-0.25, -0.2) is 4.79 Å². The monoisotopic (exact) mass is 177 g/mol. The summed E-state index contributed by atoms with van der Waals surface area (Å²) in [5.41, 5.74) is 2.64. The first-order chi connectivity index (χ1) is 6.29. The summed E-state index contributed by atoms with van der Waals surface area (Å²) in [7, 11) is 1.61. The lowest BCUT2D eigenvalue weighted by Gasteiger charge is -2.06. The molecule has 13 heavy (non-hydrogen) atoms. The van der Waals surface area contributed by atoms with Gasteiger partial charge < -0.3 is 4.74 Å². The number of aliphatic imine (C=N–C) groups is 1. The smallest absolute Gasteiger partial charge is 0.240 e. The summed E-state index contributed by atoms with van der Waals surface area (Å²) < 4.78 is 5.01. The number of hydrogen-bond acceptors (Lipinski definition) is 3. The third-order valence-electron chi connectivity index (χ3n) is 1.84. The number of hydrogen-bond donors (Lipinski definition) is 0. The molecule has 1 rings (SSSR count). The van der Waals surface area contributed by atoms with Gasteiger partial charge in [0.1, 0.15) is 0 Å². The van der Waals surface area contributed by atoms with E-state index < -0.39 is 0 Å². The summed E-state index contributed by atoms with van der Waals surface area (Å²) in [6, 6.07) is 5.58. The van der Waals surface area contributed by atoms with Crippen LogP contribution in [0.1, 0.15) is 11.1 Å². The molecule has 0 spiro atoms. The zero-order valence-corrected chi connectivity index (χ0v) is 7.70. The summed E-state index contributed by atoms with van der Waals surface area (Å²) in [4.78, 5) is 13.7. The molecule has 0 aliphatic carbocycles. The predicted octanol–water partition coefficient (Wildman–Crippen LogP) is 2.11. The maximum atomic E-state index is 10.1. The molecule has 0 unspecified atom stereocenters. The van der Waals surface area contributed by atoms with Crippen LogP contribution in [-0.2, 0) is 16.1 Å². The molecule has 0 atom stereocenters. The second-order valence-corrected chi connectivity index (χ2v) is 2.71. The highest BCUT2D eigenvalue weighted by Crippen LogP contribution is 2.22. The molecule has 0 aromatic heterocycles. The lowest BCUT2D eigenvalue weighted by atomic mass is 10.1. The Bertz CT molecular complexity index is 341. The zero-order valence-electron chi connectivity index (χ0n) is 7.70. The van der Waals surface area contributed by atoms with Gasteiger partial charge in [-0.2, -0.15) is 4.99 Å².